The van der Waals surface area contributed by atoms with Gasteiger partial charge >= 0.3 is 5.97 Å². The van der Waals surface area contributed by atoms with Gasteiger partial charge in [0.15, 0.2) is 5.79 Å². The predicted octanol–water partition coefficient (Wildman–Crippen LogP) is 4.62. The third-order valence-electron chi connectivity index (χ3n) is 4.17. The highest BCUT2D eigenvalue weighted by atomic mass is 16.5. The highest BCUT2D eigenvalue weighted by Crippen LogP contribution is 2.19. The monoisotopic (exact) mass is 316 g/mol. The topological polar surface area (TPSA) is 77.8 Å². The molecule has 0 aliphatic carbocycles. The van der Waals surface area contributed by atoms with Crippen LogP contribution in [0.2, 0.25) is 0 Å². The van der Waals surface area contributed by atoms with Gasteiger partial charge in [-0.1, -0.05) is 77.6 Å². The van der Waals surface area contributed by atoms with Crippen molar-refractivity contribution in [1.82, 2.24) is 0 Å². The molecule has 22 heavy (non-hydrogen) atoms. The van der Waals surface area contributed by atoms with Gasteiger partial charge in [0.2, 0.25) is 0 Å². The summed E-state index contributed by atoms with van der Waals surface area (Å²) >= 11 is 0. The molecule has 4 nitrogen and oxygen atoms in total. The highest BCUT2D eigenvalue weighted by Gasteiger charge is 2.23. The zero-order valence-electron chi connectivity index (χ0n) is 14.4. The van der Waals surface area contributed by atoms with E-state index < -0.39 is 11.8 Å². The van der Waals surface area contributed by atoms with E-state index in [2.05, 4.69) is 6.92 Å². The van der Waals surface area contributed by atoms with Gasteiger partial charge in [0.05, 0.1) is 6.42 Å². The number of carboxylic acids is 1. The summed E-state index contributed by atoms with van der Waals surface area (Å²) in [5, 5.41) is 27.8. The Morgan fingerprint density at radius 1 is 0.727 bits per heavy atom. The van der Waals surface area contributed by atoms with Crippen LogP contribution in [0.1, 0.15) is 103 Å². The second-order valence-corrected chi connectivity index (χ2v) is 6.52. The second-order valence-electron chi connectivity index (χ2n) is 6.52. The standard InChI is InChI=1S/C18H36O4/c1-2-3-4-5-6-7-8-9-10-11-12-13-15-18(21,22)16-14-17(19)20/h21-22H,2-16H2,1H3,(H,19,20). The van der Waals surface area contributed by atoms with Crippen LogP contribution in [0, 0.1) is 0 Å². The van der Waals surface area contributed by atoms with Crippen molar-refractivity contribution in [2.24, 2.45) is 0 Å². The lowest BCUT2D eigenvalue weighted by atomic mass is 10.0. The molecule has 0 aromatic carbocycles. The SMILES string of the molecule is CCCCCCCCCCCCCCC(O)(O)CCC(=O)O. The average molecular weight is 316 g/mol. The van der Waals surface area contributed by atoms with E-state index in [1.807, 2.05) is 0 Å². The molecule has 0 rings (SSSR count). The molecule has 0 aromatic rings. The molecule has 0 spiro atoms. The molecule has 0 aliphatic heterocycles. The summed E-state index contributed by atoms with van der Waals surface area (Å²) in [6.07, 6.45) is 14.8. The molecule has 0 bridgehead atoms. The smallest absolute Gasteiger partial charge is 0.303 e. The molecule has 0 saturated carbocycles. The minimum atomic E-state index is -1.81. The number of rotatable bonds is 16. The fraction of sp³-hybridized carbons (Fsp3) is 0.944. The van der Waals surface area contributed by atoms with E-state index in [0.29, 0.717) is 0 Å². The maximum Gasteiger partial charge on any atom is 0.303 e. The van der Waals surface area contributed by atoms with Gasteiger partial charge in [0.1, 0.15) is 0 Å². The number of hydrogen-bond acceptors (Lipinski definition) is 3. The lowest BCUT2D eigenvalue weighted by Crippen LogP contribution is -2.28. The molecule has 132 valence electrons. The van der Waals surface area contributed by atoms with Gasteiger partial charge in [0, 0.05) is 12.8 Å². The Morgan fingerprint density at radius 3 is 1.55 bits per heavy atom. The Labute approximate surface area is 135 Å². The average Bonchev–Trinajstić information content (AvgIpc) is 2.46. The molecule has 3 N–H and O–H groups in total. The van der Waals surface area contributed by atoms with E-state index in [4.69, 9.17) is 5.11 Å². The minimum Gasteiger partial charge on any atom is -0.481 e. The zero-order valence-corrected chi connectivity index (χ0v) is 14.4. The molecule has 0 heterocycles. The number of aliphatic carboxylic acids is 1. The first kappa shape index (κ1) is 21.4. The van der Waals surface area contributed by atoms with Crippen LogP contribution in [0.4, 0.5) is 0 Å². The van der Waals surface area contributed by atoms with Gasteiger partial charge in [-0.15, -0.1) is 0 Å². The van der Waals surface area contributed by atoms with Crippen molar-refractivity contribution in [1.29, 1.82) is 0 Å². The van der Waals surface area contributed by atoms with E-state index >= 15 is 0 Å². The molecule has 0 amide bonds. The molecule has 0 unspecified atom stereocenters. The Bertz CT molecular complexity index is 264. The number of unbranched alkanes of at least 4 members (excludes halogenated alkanes) is 11. The summed E-state index contributed by atoms with van der Waals surface area (Å²) in [6, 6.07) is 0. The van der Waals surface area contributed by atoms with Crippen LogP contribution < -0.4 is 0 Å². The van der Waals surface area contributed by atoms with Crippen LogP contribution in [0.15, 0.2) is 0 Å². The molecule has 0 aromatic heterocycles. The van der Waals surface area contributed by atoms with E-state index in [-0.39, 0.29) is 19.3 Å². The first-order valence-electron chi connectivity index (χ1n) is 9.14. The summed E-state index contributed by atoms with van der Waals surface area (Å²) in [4.78, 5) is 10.4. The van der Waals surface area contributed by atoms with Crippen molar-refractivity contribution in [2.75, 3.05) is 0 Å². The van der Waals surface area contributed by atoms with Gasteiger partial charge in [-0.25, -0.2) is 0 Å². The summed E-state index contributed by atoms with van der Waals surface area (Å²) in [6.45, 7) is 2.24. The highest BCUT2D eigenvalue weighted by molar-refractivity contribution is 5.66. The van der Waals surface area contributed by atoms with Crippen molar-refractivity contribution in [3.8, 4) is 0 Å². The number of hydrogen-bond donors (Lipinski definition) is 3. The number of carboxylic acid groups (broad SMARTS) is 1. The van der Waals surface area contributed by atoms with Crippen LogP contribution in [0.3, 0.4) is 0 Å². The Morgan fingerprint density at radius 2 is 1.14 bits per heavy atom. The minimum absolute atomic E-state index is 0.0830. The lowest BCUT2D eigenvalue weighted by Gasteiger charge is -2.20. The third-order valence-corrected chi connectivity index (χ3v) is 4.17. The van der Waals surface area contributed by atoms with Crippen molar-refractivity contribution in [3.05, 3.63) is 0 Å². The molecular formula is C18H36O4. The Balaban J connectivity index is 3.27. The molecule has 0 fully saturated rings. The Kier molecular flexibility index (Phi) is 13.6. The summed E-state index contributed by atoms with van der Waals surface area (Å²) in [7, 11) is 0. The second kappa shape index (κ2) is 14.0. The zero-order chi connectivity index (χ0) is 16.7. The van der Waals surface area contributed by atoms with Gasteiger partial charge < -0.3 is 15.3 Å². The van der Waals surface area contributed by atoms with Crippen molar-refractivity contribution < 1.29 is 20.1 Å². The third kappa shape index (κ3) is 15.8. The largest absolute Gasteiger partial charge is 0.481 e. The predicted molar refractivity (Wildman–Crippen MR) is 89.7 cm³/mol. The van der Waals surface area contributed by atoms with Crippen LogP contribution >= 0.6 is 0 Å². The summed E-state index contributed by atoms with van der Waals surface area (Å²) in [5.74, 6) is -2.79. The van der Waals surface area contributed by atoms with Gasteiger partial charge in [0.25, 0.3) is 0 Å². The molecule has 0 atom stereocenters. The quantitative estimate of drug-likeness (QED) is 0.287. The first-order valence-corrected chi connectivity index (χ1v) is 9.14. The van der Waals surface area contributed by atoms with Gasteiger partial charge in [-0.3, -0.25) is 4.79 Å². The van der Waals surface area contributed by atoms with E-state index in [1.165, 1.54) is 57.8 Å². The van der Waals surface area contributed by atoms with Crippen LogP contribution in [0.5, 0.6) is 0 Å². The first-order chi connectivity index (χ1) is 10.5. The Hall–Kier alpha value is -0.610. The fourth-order valence-corrected chi connectivity index (χ4v) is 2.68. The summed E-state index contributed by atoms with van der Waals surface area (Å²) < 4.78 is 0. The molecule has 4 heteroatoms. The van der Waals surface area contributed by atoms with Crippen molar-refractivity contribution in [2.45, 2.75) is 109 Å². The number of aliphatic hydroxyl groups is 2. The van der Waals surface area contributed by atoms with E-state index in [0.717, 1.165) is 19.3 Å². The van der Waals surface area contributed by atoms with Gasteiger partial charge in [-0.2, -0.15) is 0 Å². The molecule has 0 aliphatic rings. The summed E-state index contributed by atoms with van der Waals surface area (Å²) in [5.41, 5.74) is 0. The normalized spacial score (nSPS) is 11.8. The maximum atomic E-state index is 10.4. The van der Waals surface area contributed by atoms with Crippen LogP contribution in [0.25, 0.3) is 0 Å². The van der Waals surface area contributed by atoms with Crippen LogP contribution in [-0.4, -0.2) is 27.1 Å². The van der Waals surface area contributed by atoms with E-state index in [1.54, 1.807) is 0 Å². The molecule has 0 saturated heterocycles. The maximum absolute atomic E-state index is 10.4. The van der Waals surface area contributed by atoms with Crippen molar-refractivity contribution in [3.63, 3.8) is 0 Å². The van der Waals surface area contributed by atoms with Crippen LogP contribution in [-0.2, 0) is 4.79 Å². The molecular weight excluding hydrogens is 280 g/mol. The van der Waals surface area contributed by atoms with E-state index in [9.17, 15) is 15.0 Å². The van der Waals surface area contributed by atoms with Gasteiger partial charge in [-0.05, 0) is 6.42 Å². The fourth-order valence-electron chi connectivity index (χ4n) is 2.68. The molecule has 0 radical (unpaired) electrons. The lowest BCUT2D eigenvalue weighted by molar-refractivity contribution is -0.176. The van der Waals surface area contributed by atoms with Crippen molar-refractivity contribution >= 4 is 5.97 Å². The number of carbonyl (C=O) groups is 1.